The second-order valence-electron chi connectivity index (χ2n) is 6.08. The molecule has 0 aromatic heterocycles. The van der Waals surface area contributed by atoms with Crippen molar-refractivity contribution in [2.24, 2.45) is 0 Å². The standard InChI is InChI=1S/C13H23N3O3/c17-12(18)4-13(8-14-9-13)15-5-11-6-16-3-1-2-10(16)7-19-11/h10-11,14-15H,1-9H2,(H,17,18). The smallest absolute Gasteiger partial charge is 0.305 e. The van der Waals surface area contributed by atoms with Crippen molar-refractivity contribution in [1.82, 2.24) is 15.5 Å². The van der Waals surface area contributed by atoms with E-state index in [9.17, 15) is 4.79 Å². The van der Waals surface area contributed by atoms with Crippen molar-refractivity contribution in [1.29, 1.82) is 0 Å². The van der Waals surface area contributed by atoms with E-state index < -0.39 is 5.97 Å². The van der Waals surface area contributed by atoms with Crippen LogP contribution in [-0.2, 0) is 9.53 Å². The first-order valence-electron chi connectivity index (χ1n) is 7.20. The van der Waals surface area contributed by atoms with Crippen LogP contribution in [0.5, 0.6) is 0 Å². The predicted molar refractivity (Wildman–Crippen MR) is 70.2 cm³/mol. The van der Waals surface area contributed by atoms with Crippen LogP contribution in [0, 0.1) is 0 Å². The Morgan fingerprint density at radius 2 is 2.37 bits per heavy atom. The number of carboxylic acids is 1. The highest BCUT2D eigenvalue weighted by molar-refractivity contribution is 5.68. The van der Waals surface area contributed by atoms with Gasteiger partial charge in [0.1, 0.15) is 0 Å². The Morgan fingerprint density at radius 1 is 1.53 bits per heavy atom. The first kappa shape index (κ1) is 13.3. The molecule has 0 aliphatic carbocycles. The lowest BCUT2D eigenvalue weighted by Crippen LogP contribution is -2.69. The summed E-state index contributed by atoms with van der Waals surface area (Å²) in [5, 5.41) is 15.5. The highest BCUT2D eigenvalue weighted by Gasteiger charge is 2.40. The normalized spacial score (nSPS) is 33.7. The molecule has 2 unspecified atom stereocenters. The molecule has 2 atom stereocenters. The minimum Gasteiger partial charge on any atom is -0.481 e. The van der Waals surface area contributed by atoms with E-state index in [2.05, 4.69) is 15.5 Å². The molecule has 3 rings (SSSR count). The van der Waals surface area contributed by atoms with Crippen molar-refractivity contribution >= 4 is 5.97 Å². The summed E-state index contributed by atoms with van der Waals surface area (Å²) in [6.07, 6.45) is 2.91. The van der Waals surface area contributed by atoms with Gasteiger partial charge >= 0.3 is 5.97 Å². The number of morpholine rings is 1. The average molecular weight is 269 g/mol. The Morgan fingerprint density at radius 3 is 3.05 bits per heavy atom. The van der Waals surface area contributed by atoms with Gasteiger partial charge in [0.2, 0.25) is 0 Å². The summed E-state index contributed by atoms with van der Waals surface area (Å²) in [5.74, 6) is -0.738. The topological polar surface area (TPSA) is 73.8 Å². The molecule has 0 aromatic carbocycles. The molecule has 3 N–H and O–H groups in total. The van der Waals surface area contributed by atoms with Crippen molar-refractivity contribution in [3.05, 3.63) is 0 Å². The van der Waals surface area contributed by atoms with Gasteiger partial charge in [-0.05, 0) is 19.4 Å². The van der Waals surface area contributed by atoms with E-state index in [-0.39, 0.29) is 18.1 Å². The van der Waals surface area contributed by atoms with Gasteiger partial charge in [-0.3, -0.25) is 9.69 Å². The van der Waals surface area contributed by atoms with Gasteiger partial charge in [-0.15, -0.1) is 0 Å². The predicted octanol–water partition coefficient (Wildman–Crippen LogP) is -0.744. The molecule has 0 radical (unpaired) electrons. The van der Waals surface area contributed by atoms with E-state index in [0.29, 0.717) is 6.04 Å². The molecule has 3 heterocycles. The zero-order valence-electron chi connectivity index (χ0n) is 11.2. The van der Waals surface area contributed by atoms with Crippen molar-refractivity contribution in [2.45, 2.75) is 36.9 Å². The number of hydrogen-bond acceptors (Lipinski definition) is 5. The van der Waals surface area contributed by atoms with Crippen LogP contribution in [-0.4, -0.2) is 73.0 Å². The molecule has 0 saturated carbocycles. The highest BCUT2D eigenvalue weighted by Crippen LogP contribution is 2.23. The van der Waals surface area contributed by atoms with Gasteiger partial charge in [0, 0.05) is 32.2 Å². The summed E-state index contributed by atoms with van der Waals surface area (Å²) in [5.41, 5.74) is -0.267. The van der Waals surface area contributed by atoms with Crippen molar-refractivity contribution in [3.8, 4) is 0 Å². The number of carbonyl (C=O) groups is 1. The second-order valence-corrected chi connectivity index (χ2v) is 6.08. The zero-order chi connectivity index (χ0) is 13.3. The lowest BCUT2D eigenvalue weighted by Gasteiger charge is -2.44. The van der Waals surface area contributed by atoms with E-state index in [1.54, 1.807) is 0 Å². The zero-order valence-corrected chi connectivity index (χ0v) is 11.2. The fraction of sp³-hybridized carbons (Fsp3) is 0.923. The number of hydrogen-bond donors (Lipinski definition) is 3. The van der Waals surface area contributed by atoms with Crippen LogP contribution < -0.4 is 10.6 Å². The Labute approximate surface area is 113 Å². The number of rotatable bonds is 5. The third kappa shape index (κ3) is 2.91. The number of carboxylic acid groups (broad SMARTS) is 1. The summed E-state index contributed by atoms with van der Waals surface area (Å²) < 4.78 is 5.89. The van der Waals surface area contributed by atoms with E-state index in [1.165, 1.54) is 19.4 Å². The van der Waals surface area contributed by atoms with Crippen molar-refractivity contribution in [3.63, 3.8) is 0 Å². The third-order valence-electron chi connectivity index (χ3n) is 4.58. The molecule has 0 amide bonds. The average Bonchev–Trinajstić information content (AvgIpc) is 2.79. The lowest BCUT2D eigenvalue weighted by molar-refractivity contribution is -0.139. The maximum atomic E-state index is 10.9. The number of ether oxygens (including phenoxy) is 1. The largest absolute Gasteiger partial charge is 0.481 e. The van der Waals surface area contributed by atoms with Crippen molar-refractivity contribution < 1.29 is 14.6 Å². The lowest BCUT2D eigenvalue weighted by atomic mass is 9.88. The Balaban J connectivity index is 1.47. The summed E-state index contributed by atoms with van der Waals surface area (Å²) in [6.45, 7) is 5.21. The Bertz CT molecular complexity index is 346. The van der Waals surface area contributed by atoms with E-state index in [4.69, 9.17) is 9.84 Å². The monoisotopic (exact) mass is 269 g/mol. The molecular formula is C13H23N3O3. The Hall–Kier alpha value is -0.690. The van der Waals surface area contributed by atoms with Crippen LogP contribution >= 0.6 is 0 Å². The maximum absolute atomic E-state index is 10.9. The number of nitrogens with one attached hydrogen (secondary N) is 2. The molecular weight excluding hydrogens is 246 g/mol. The summed E-state index contributed by atoms with van der Waals surface area (Å²) in [6, 6.07) is 0.620. The molecule has 3 aliphatic heterocycles. The van der Waals surface area contributed by atoms with Gasteiger partial charge in [0.15, 0.2) is 0 Å². The molecule has 3 saturated heterocycles. The summed E-state index contributed by atoms with van der Waals surface area (Å²) in [7, 11) is 0. The highest BCUT2D eigenvalue weighted by atomic mass is 16.5. The van der Waals surface area contributed by atoms with Gasteiger partial charge in [-0.2, -0.15) is 0 Å². The molecule has 3 fully saturated rings. The minimum absolute atomic E-state index is 0.180. The van der Waals surface area contributed by atoms with Crippen LogP contribution in [0.4, 0.5) is 0 Å². The van der Waals surface area contributed by atoms with Gasteiger partial charge in [-0.1, -0.05) is 0 Å². The van der Waals surface area contributed by atoms with Gasteiger partial charge in [0.05, 0.1) is 24.7 Å². The number of aliphatic carboxylic acids is 1. The van der Waals surface area contributed by atoms with Crippen LogP contribution in [0.2, 0.25) is 0 Å². The van der Waals surface area contributed by atoms with Crippen LogP contribution in [0.3, 0.4) is 0 Å². The quantitative estimate of drug-likeness (QED) is 0.610. The molecule has 0 spiro atoms. The molecule has 19 heavy (non-hydrogen) atoms. The summed E-state index contributed by atoms with van der Waals surface area (Å²) >= 11 is 0. The first-order chi connectivity index (χ1) is 9.17. The fourth-order valence-electron chi connectivity index (χ4n) is 3.37. The molecule has 0 bridgehead atoms. The van der Waals surface area contributed by atoms with Gasteiger partial charge in [-0.25, -0.2) is 0 Å². The van der Waals surface area contributed by atoms with Crippen LogP contribution in [0.15, 0.2) is 0 Å². The second kappa shape index (κ2) is 5.36. The van der Waals surface area contributed by atoms with Gasteiger partial charge < -0.3 is 20.5 Å². The molecule has 108 valence electrons. The van der Waals surface area contributed by atoms with Gasteiger partial charge in [0.25, 0.3) is 0 Å². The number of fused-ring (bicyclic) bond motifs is 1. The Kier molecular flexibility index (Phi) is 3.75. The fourth-order valence-corrected chi connectivity index (χ4v) is 3.37. The van der Waals surface area contributed by atoms with E-state index >= 15 is 0 Å². The van der Waals surface area contributed by atoms with Crippen molar-refractivity contribution in [2.75, 3.05) is 39.3 Å². The third-order valence-corrected chi connectivity index (χ3v) is 4.58. The molecule has 6 nitrogen and oxygen atoms in total. The molecule has 6 heteroatoms. The van der Waals surface area contributed by atoms with Crippen LogP contribution in [0.25, 0.3) is 0 Å². The SMILES string of the molecule is O=C(O)CC1(NCC2CN3CCCC3CO2)CNC1. The molecule has 3 aliphatic rings. The minimum atomic E-state index is -0.738. The maximum Gasteiger partial charge on any atom is 0.305 e. The van der Waals surface area contributed by atoms with E-state index in [0.717, 1.165) is 32.8 Å². The van der Waals surface area contributed by atoms with E-state index in [1.807, 2.05) is 0 Å². The van der Waals surface area contributed by atoms with Crippen LogP contribution in [0.1, 0.15) is 19.3 Å². The number of nitrogens with zero attached hydrogens (tertiary/aromatic N) is 1. The first-order valence-corrected chi connectivity index (χ1v) is 7.20. The molecule has 0 aromatic rings. The summed E-state index contributed by atoms with van der Waals surface area (Å²) in [4.78, 5) is 13.4.